The molecule has 1 amide bonds. The van der Waals surface area contributed by atoms with Gasteiger partial charge in [0.1, 0.15) is 5.54 Å². The number of amides is 1. The molecule has 2 aliphatic rings. The molecule has 1 atom stereocenters. The van der Waals surface area contributed by atoms with Crippen LogP contribution in [0.4, 0.5) is 0 Å². The summed E-state index contributed by atoms with van der Waals surface area (Å²) < 4.78 is 5.10. The van der Waals surface area contributed by atoms with Crippen molar-refractivity contribution in [2.24, 2.45) is 5.73 Å². The molecule has 0 spiro atoms. The largest absolute Gasteiger partial charge is 0.394 e. The van der Waals surface area contributed by atoms with E-state index in [2.05, 4.69) is 5.32 Å². The number of aliphatic hydroxyl groups excluding tert-OH is 1. The third-order valence-electron chi connectivity index (χ3n) is 3.04. The van der Waals surface area contributed by atoms with E-state index in [0.29, 0.717) is 13.0 Å². The van der Waals surface area contributed by atoms with Crippen LogP contribution in [0.25, 0.3) is 0 Å². The Hall–Kier alpha value is -0.650. The quantitative estimate of drug-likeness (QED) is 0.531. The summed E-state index contributed by atoms with van der Waals surface area (Å²) >= 11 is 0. The normalized spacial score (nSPS) is 34.1. The van der Waals surface area contributed by atoms with Crippen LogP contribution in [0.15, 0.2) is 0 Å². The van der Waals surface area contributed by atoms with Gasteiger partial charge < -0.3 is 20.9 Å². The van der Waals surface area contributed by atoms with Crippen LogP contribution >= 0.6 is 0 Å². The van der Waals surface area contributed by atoms with E-state index in [9.17, 15) is 4.79 Å². The SMILES string of the molecule is NC1(C(=O)NC2(CO)CC2)CCOC1. The number of nitrogens with two attached hydrogens (primary N) is 1. The zero-order valence-corrected chi connectivity index (χ0v) is 8.08. The standard InChI is InChI=1S/C9H16N2O3/c10-9(3-4-14-6-9)7(13)11-8(5-12)1-2-8/h12H,1-6,10H2,(H,11,13). The lowest BCUT2D eigenvalue weighted by Crippen LogP contribution is -2.58. The van der Waals surface area contributed by atoms with Crippen molar-refractivity contribution in [2.45, 2.75) is 30.3 Å². The molecule has 0 bridgehead atoms. The summed E-state index contributed by atoms with van der Waals surface area (Å²) in [6.07, 6.45) is 2.23. The molecule has 2 fully saturated rings. The maximum absolute atomic E-state index is 11.8. The second kappa shape index (κ2) is 3.18. The Bertz CT molecular complexity index is 244. The molecule has 2 rings (SSSR count). The van der Waals surface area contributed by atoms with Gasteiger partial charge in [-0.05, 0) is 19.3 Å². The number of carbonyl (C=O) groups excluding carboxylic acids is 1. The molecule has 1 saturated heterocycles. The minimum Gasteiger partial charge on any atom is -0.394 e. The Morgan fingerprint density at radius 3 is 2.64 bits per heavy atom. The summed E-state index contributed by atoms with van der Waals surface area (Å²) in [5.41, 5.74) is 4.61. The van der Waals surface area contributed by atoms with Crippen molar-refractivity contribution in [2.75, 3.05) is 19.8 Å². The number of ether oxygens (including phenoxy) is 1. The zero-order valence-electron chi connectivity index (χ0n) is 8.08. The van der Waals surface area contributed by atoms with E-state index in [-0.39, 0.29) is 24.7 Å². The minimum absolute atomic E-state index is 0.00429. The number of aliphatic hydroxyl groups is 1. The highest BCUT2D eigenvalue weighted by molar-refractivity contribution is 5.87. The van der Waals surface area contributed by atoms with Crippen LogP contribution in [0.2, 0.25) is 0 Å². The second-order valence-electron chi connectivity index (χ2n) is 4.35. The molecule has 4 N–H and O–H groups in total. The van der Waals surface area contributed by atoms with Crippen molar-refractivity contribution in [3.05, 3.63) is 0 Å². The van der Waals surface area contributed by atoms with Crippen molar-refractivity contribution in [1.29, 1.82) is 0 Å². The summed E-state index contributed by atoms with van der Waals surface area (Å²) in [6.45, 7) is 0.812. The number of hydrogen-bond acceptors (Lipinski definition) is 4. The van der Waals surface area contributed by atoms with Gasteiger partial charge in [-0.15, -0.1) is 0 Å². The first kappa shape index (κ1) is 9.89. The minimum atomic E-state index is -0.884. The van der Waals surface area contributed by atoms with Crippen molar-refractivity contribution in [1.82, 2.24) is 5.32 Å². The van der Waals surface area contributed by atoms with E-state index in [1.807, 2.05) is 0 Å². The Morgan fingerprint density at radius 1 is 1.50 bits per heavy atom. The molecule has 80 valence electrons. The van der Waals surface area contributed by atoms with E-state index in [1.54, 1.807) is 0 Å². The molecule has 0 aromatic carbocycles. The van der Waals surface area contributed by atoms with E-state index in [4.69, 9.17) is 15.6 Å². The third-order valence-corrected chi connectivity index (χ3v) is 3.04. The maximum Gasteiger partial charge on any atom is 0.243 e. The summed E-state index contributed by atoms with van der Waals surface area (Å²) in [5.74, 6) is -0.193. The summed E-state index contributed by atoms with van der Waals surface area (Å²) in [5, 5.41) is 11.9. The molecule has 1 saturated carbocycles. The topological polar surface area (TPSA) is 84.6 Å². The van der Waals surface area contributed by atoms with Gasteiger partial charge in [-0.2, -0.15) is 0 Å². The van der Waals surface area contributed by atoms with Crippen molar-refractivity contribution in [3.8, 4) is 0 Å². The Labute approximate surface area is 82.6 Å². The van der Waals surface area contributed by atoms with Gasteiger partial charge in [-0.3, -0.25) is 4.79 Å². The molecule has 0 aromatic rings. The average molecular weight is 200 g/mol. The molecule has 14 heavy (non-hydrogen) atoms. The van der Waals surface area contributed by atoms with Gasteiger partial charge in [0.15, 0.2) is 0 Å². The molecule has 1 aliphatic heterocycles. The second-order valence-corrected chi connectivity index (χ2v) is 4.35. The lowest BCUT2D eigenvalue weighted by Gasteiger charge is -2.24. The first-order valence-corrected chi connectivity index (χ1v) is 4.90. The van der Waals surface area contributed by atoms with Gasteiger partial charge in [0.05, 0.1) is 18.8 Å². The van der Waals surface area contributed by atoms with Crippen molar-refractivity contribution >= 4 is 5.91 Å². The smallest absolute Gasteiger partial charge is 0.243 e. The van der Waals surface area contributed by atoms with Gasteiger partial charge in [0.25, 0.3) is 0 Å². The van der Waals surface area contributed by atoms with Crippen LogP contribution in [-0.2, 0) is 9.53 Å². The van der Waals surface area contributed by atoms with Crippen molar-refractivity contribution < 1.29 is 14.6 Å². The number of nitrogens with one attached hydrogen (secondary N) is 1. The van der Waals surface area contributed by atoms with Gasteiger partial charge in [0, 0.05) is 6.61 Å². The lowest BCUT2D eigenvalue weighted by molar-refractivity contribution is -0.127. The fraction of sp³-hybridized carbons (Fsp3) is 0.889. The van der Waals surface area contributed by atoms with Crippen LogP contribution in [0.3, 0.4) is 0 Å². The van der Waals surface area contributed by atoms with Crippen LogP contribution in [0, 0.1) is 0 Å². The molecule has 1 heterocycles. The van der Waals surface area contributed by atoms with E-state index in [1.165, 1.54) is 0 Å². The number of carbonyl (C=O) groups is 1. The van der Waals surface area contributed by atoms with Crippen LogP contribution < -0.4 is 11.1 Å². The fourth-order valence-electron chi connectivity index (χ4n) is 1.60. The van der Waals surface area contributed by atoms with E-state index in [0.717, 1.165) is 12.8 Å². The third kappa shape index (κ3) is 1.63. The first-order chi connectivity index (χ1) is 6.60. The van der Waals surface area contributed by atoms with Crippen LogP contribution in [0.5, 0.6) is 0 Å². The monoisotopic (exact) mass is 200 g/mol. The molecular formula is C9H16N2O3. The molecule has 0 radical (unpaired) electrons. The summed E-state index contributed by atoms with van der Waals surface area (Å²) in [7, 11) is 0. The highest BCUT2D eigenvalue weighted by Crippen LogP contribution is 2.35. The predicted octanol–water partition coefficient (Wildman–Crippen LogP) is -1.25. The molecule has 1 unspecified atom stereocenters. The fourth-order valence-corrected chi connectivity index (χ4v) is 1.60. The summed E-state index contributed by atoms with van der Waals surface area (Å²) in [4.78, 5) is 11.8. The Morgan fingerprint density at radius 2 is 2.21 bits per heavy atom. The number of hydrogen-bond donors (Lipinski definition) is 3. The van der Waals surface area contributed by atoms with E-state index >= 15 is 0 Å². The van der Waals surface area contributed by atoms with Crippen LogP contribution in [-0.4, -0.2) is 41.9 Å². The number of rotatable bonds is 3. The van der Waals surface area contributed by atoms with Gasteiger partial charge in [-0.25, -0.2) is 0 Å². The highest BCUT2D eigenvalue weighted by Gasteiger charge is 2.48. The lowest BCUT2D eigenvalue weighted by atomic mass is 9.98. The highest BCUT2D eigenvalue weighted by atomic mass is 16.5. The van der Waals surface area contributed by atoms with Crippen LogP contribution in [0.1, 0.15) is 19.3 Å². The molecule has 0 aromatic heterocycles. The Kier molecular flexibility index (Phi) is 2.25. The zero-order chi connectivity index (χ0) is 10.2. The molecule has 5 nitrogen and oxygen atoms in total. The van der Waals surface area contributed by atoms with Gasteiger partial charge >= 0.3 is 0 Å². The average Bonchev–Trinajstić information content (AvgIpc) is 2.80. The molecular weight excluding hydrogens is 184 g/mol. The van der Waals surface area contributed by atoms with Gasteiger partial charge in [0.2, 0.25) is 5.91 Å². The predicted molar refractivity (Wildman–Crippen MR) is 49.5 cm³/mol. The maximum atomic E-state index is 11.8. The Balaban J connectivity index is 1.95. The molecule has 5 heteroatoms. The summed E-state index contributed by atoms with van der Waals surface area (Å²) in [6, 6.07) is 0. The van der Waals surface area contributed by atoms with Gasteiger partial charge in [-0.1, -0.05) is 0 Å². The first-order valence-electron chi connectivity index (χ1n) is 4.90. The van der Waals surface area contributed by atoms with E-state index < -0.39 is 5.54 Å². The molecule has 1 aliphatic carbocycles. The van der Waals surface area contributed by atoms with Crippen molar-refractivity contribution in [3.63, 3.8) is 0 Å².